The van der Waals surface area contributed by atoms with Crippen LogP contribution < -0.4 is 0 Å². The number of fused-ring (bicyclic) bond motifs is 7. The smallest absolute Gasteiger partial charge is 0.309 e. The third-order valence-corrected chi connectivity index (χ3v) is 14.4. The predicted octanol–water partition coefficient (Wildman–Crippen LogP) is 7.70. The lowest BCUT2D eigenvalue weighted by molar-refractivity contribution is -0.285. The van der Waals surface area contributed by atoms with Gasteiger partial charge in [-0.25, -0.2) is 0 Å². The summed E-state index contributed by atoms with van der Waals surface area (Å²) in [6.07, 6.45) is 11.6. The number of aliphatic carboxylic acids is 1. The Morgan fingerprint density at radius 3 is 1.85 bits per heavy atom. The van der Waals surface area contributed by atoms with Crippen LogP contribution in [-0.2, 0) is 4.79 Å². The van der Waals surface area contributed by atoms with Crippen molar-refractivity contribution in [3.05, 3.63) is 0 Å². The first-order valence-electron chi connectivity index (χ1n) is 14.4. The van der Waals surface area contributed by atoms with Crippen LogP contribution in [0.2, 0.25) is 0 Å². The highest BCUT2D eigenvalue weighted by molar-refractivity contribution is 5.76. The molecular formula is C31H52O3. The van der Waals surface area contributed by atoms with Gasteiger partial charge in [0.05, 0.1) is 11.5 Å². The first-order valence-corrected chi connectivity index (χ1v) is 14.4. The zero-order valence-electron chi connectivity index (χ0n) is 23.4. The Balaban J connectivity index is 1.59. The number of carbonyl (C=O) groups is 1. The lowest BCUT2D eigenvalue weighted by atomic mass is 9.28. The van der Waals surface area contributed by atoms with E-state index in [9.17, 15) is 15.0 Å². The summed E-state index contributed by atoms with van der Waals surface area (Å²) in [4.78, 5) is 12.9. The molecule has 5 saturated carbocycles. The van der Waals surface area contributed by atoms with Gasteiger partial charge in [0.25, 0.3) is 0 Å². The SMILES string of the molecule is CC1(C)CC[C@@]2(C(=O)O)CC[C@]3(C)[C@@](C)(CC[C@H]4[C@@]5(C)CC[C@H](O)C(C)(C)[C@@H]5CC[C@]43C)[C@@H]2C1. The molecule has 0 spiro atoms. The summed E-state index contributed by atoms with van der Waals surface area (Å²) in [7, 11) is 0. The molecule has 0 heterocycles. The molecule has 0 unspecified atom stereocenters. The number of hydrogen-bond acceptors (Lipinski definition) is 2. The number of aliphatic hydroxyl groups excluding tert-OH is 1. The fraction of sp³-hybridized carbons (Fsp3) is 0.968. The second-order valence-corrected chi connectivity index (χ2v) is 16.1. The lowest BCUT2D eigenvalue weighted by Crippen LogP contribution is -2.71. The molecule has 0 aromatic carbocycles. The number of carboxylic acid groups (broad SMARTS) is 1. The summed E-state index contributed by atoms with van der Waals surface area (Å²) in [6.45, 7) is 19.7. The van der Waals surface area contributed by atoms with Crippen molar-refractivity contribution in [2.24, 2.45) is 55.7 Å². The van der Waals surface area contributed by atoms with E-state index in [2.05, 4.69) is 55.4 Å². The van der Waals surface area contributed by atoms with Crippen LogP contribution in [0.1, 0.15) is 126 Å². The largest absolute Gasteiger partial charge is 0.481 e. The molecule has 0 aromatic heterocycles. The van der Waals surface area contributed by atoms with Gasteiger partial charge in [-0.1, -0.05) is 55.4 Å². The Labute approximate surface area is 208 Å². The van der Waals surface area contributed by atoms with E-state index < -0.39 is 11.4 Å². The molecule has 5 rings (SSSR count). The van der Waals surface area contributed by atoms with Crippen molar-refractivity contribution in [2.45, 2.75) is 132 Å². The van der Waals surface area contributed by atoms with Crippen LogP contribution in [0, 0.1) is 55.7 Å². The minimum absolute atomic E-state index is 0.0194. The van der Waals surface area contributed by atoms with E-state index in [1.54, 1.807) is 0 Å². The average Bonchev–Trinajstić information content (AvgIpc) is 2.73. The van der Waals surface area contributed by atoms with Gasteiger partial charge in [0.2, 0.25) is 0 Å². The Kier molecular flexibility index (Phi) is 5.20. The molecule has 5 aliphatic carbocycles. The van der Waals surface area contributed by atoms with Gasteiger partial charge < -0.3 is 10.2 Å². The fourth-order valence-corrected chi connectivity index (χ4v) is 11.9. The zero-order chi connectivity index (χ0) is 25.2. The highest BCUT2D eigenvalue weighted by Gasteiger charge is 2.74. The Morgan fingerprint density at radius 2 is 1.24 bits per heavy atom. The van der Waals surface area contributed by atoms with Crippen molar-refractivity contribution in [1.29, 1.82) is 0 Å². The van der Waals surface area contributed by atoms with Crippen LogP contribution in [0.15, 0.2) is 0 Å². The molecule has 9 atom stereocenters. The molecule has 0 amide bonds. The maximum Gasteiger partial charge on any atom is 0.309 e. The molecule has 3 nitrogen and oxygen atoms in total. The van der Waals surface area contributed by atoms with Gasteiger partial charge in [0.1, 0.15) is 0 Å². The van der Waals surface area contributed by atoms with Crippen LogP contribution in [-0.4, -0.2) is 22.3 Å². The standard InChI is InChI=1S/C31H52O3/c1-25(2)15-17-31(24(33)34)18-16-30(8)28(6)13-9-20-26(3,4)23(32)11-12-27(20,5)21(28)10-14-29(30,7)22(31)19-25/h20-23,32H,9-19H2,1-8H3,(H,33,34)/t20-,21-,22-,23-,27-,28+,29-,30-,31+/m0/s1. The molecule has 0 bridgehead atoms. The van der Waals surface area contributed by atoms with Gasteiger partial charge in [0, 0.05) is 0 Å². The second kappa shape index (κ2) is 7.05. The molecule has 2 N–H and O–H groups in total. The highest BCUT2D eigenvalue weighted by atomic mass is 16.4. The maximum atomic E-state index is 12.9. The molecule has 0 saturated heterocycles. The third kappa shape index (κ3) is 2.77. The predicted molar refractivity (Wildman–Crippen MR) is 137 cm³/mol. The molecule has 5 aliphatic rings. The van der Waals surface area contributed by atoms with Gasteiger partial charge >= 0.3 is 5.97 Å². The number of hydrogen-bond donors (Lipinski definition) is 2. The molecule has 0 aromatic rings. The molecule has 0 radical (unpaired) electrons. The Hall–Kier alpha value is -0.570. The first kappa shape index (κ1) is 25.1. The quantitative estimate of drug-likeness (QED) is 0.411. The summed E-state index contributed by atoms with van der Waals surface area (Å²) in [5, 5.41) is 21.6. The monoisotopic (exact) mass is 472 g/mol. The van der Waals surface area contributed by atoms with E-state index in [1.807, 2.05) is 0 Å². The van der Waals surface area contributed by atoms with E-state index in [-0.39, 0.29) is 44.5 Å². The average molecular weight is 473 g/mol. The maximum absolute atomic E-state index is 12.9. The van der Waals surface area contributed by atoms with Crippen molar-refractivity contribution in [1.82, 2.24) is 0 Å². The molecule has 194 valence electrons. The Bertz CT molecular complexity index is 876. The summed E-state index contributed by atoms with van der Waals surface area (Å²) >= 11 is 0. The molecule has 3 heteroatoms. The molecule has 0 aliphatic heterocycles. The summed E-state index contributed by atoms with van der Waals surface area (Å²) in [5.41, 5.74) is 0.423. The van der Waals surface area contributed by atoms with Gasteiger partial charge in [-0.15, -0.1) is 0 Å². The molecule has 5 fully saturated rings. The number of carboxylic acids is 1. The van der Waals surface area contributed by atoms with E-state index >= 15 is 0 Å². The summed E-state index contributed by atoms with van der Waals surface area (Å²) in [5.74, 6) is 0.998. The highest BCUT2D eigenvalue weighted by Crippen LogP contribution is 2.80. The van der Waals surface area contributed by atoms with E-state index in [0.717, 1.165) is 44.9 Å². The van der Waals surface area contributed by atoms with Crippen LogP contribution in [0.4, 0.5) is 0 Å². The van der Waals surface area contributed by atoms with Crippen molar-refractivity contribution < 1.29 is 15.0 Å². The van der Waals surface area contributed by atoms with Gasteiger partial charge in [-0.3, -0.25) is 4.79 Å². The van der Waals surface area contributed by atoms with Crippen molar-refractivity contribution in [2.75, 3.05) is 0 Å². The van der Waals surface area contributed by atoms with Crippen LogP contribution in [0.5, 0.6) is 0 Å². The van der Waals surface area contributed by atoms with E-state index in [1.165, 1.54) is 25.7 Å². The third-order valence-electron chi connectivity index (χ3n) is 14.4. The molecular weight excluding hydrogens is 420 g/mol. The van der Waals surface area contributed by atoms with Gasteiger partial charge in [-0.2, -0.15) is 0 Å². The first-order chi connectivity index (χ1) is 15.5. The lowest BCUT2D eigenvalue weighted by Gasteiger charge is -2.76. The van der Waals surface area contributed by atoms with E-state index in [0.29, 0.717) is 11.8 Å². The zero-order valence-corrected chi connectivity index (χ0v) is 23.4. The van der Waals surface area contributed by atoms with Crippen LogP contribution >= 0.6 is 0 Å². The van der Waals surface area contributed by atoms with Gasteiger partial charge in [0.15, 0.2) is 0 Å². The summed E-state index contributed by atoms with van der Waals surface area (Å²) in [6, 6.07) is 0. The normalized spacial score (nSPS) is 55.8. The van der Waals surface area contributed by atoms with Crippen molar-refractivity contribution in [3.63, 3.8) is 0 Å². The Morgan fingerprint density at radius 1 is 0.676 bits per heavy atom. The van der Waals surface area contributed by atoms with Gasteiger partial charge in [-0.05, 0) is 121 Å². The minimum atomic E-state index is -0.523. The fourth-order valence-electron chi connectivity index (χ4n) is 11.9. The topological polar surface area (TPSA) is 57.5 Å². The minimum Gasteiger partial charge on any atom is -0.481 e. The van der Waals surface area contributed by atoms with Crippen LogP contribution in [0.25, 0.3) is 0 Å². The number of rotatable bonds is 1. The molecule has 34 heavy (non-hydrogen) atoms. The number of aliphatic hydroxyl groups is 1. The van der Waals surface area contributed by atoms with E-state index in [4.69, 9.17) is 0 Å². The second-order valence-electron chi connectivity index (χ2n) is 16.1. The van der Waals surface area contributed by atoms with Crippen molar-refractivity contribution >= 4 is 5.97 Å². The summed E-state index contributed by atoms with van der Waals surface area (Å²) < 4.78 is 0. The van der Waals surface area contributed by atoms with Crippen LogP contribution in [0.3, 0.4) is 0 Å². The van der Waals surface area contributed by atoms with Crippen molar-refractivity contribution in [3.8, 4) is 0 Å².